The van der Waals surface area contributed by atoms with E-state index in [1.807, 2.05) is 0 Å². The minimum Gasteiger partial charge on any atom is -0.482 e. The Balaban J connectivity index is 1.65. The summed E-state index contributed by atoms with van der Waals surface area (Å²) in [5.41, 5.74) is 5.06. The van der Waals surface area contributed by atoms with Crippen molar-refractivity contribution in [2.45, 2.75) is 13.3 Å². The molecule has 1 heterocycles. The molecule has 0 atom stereocenters. The van der Waals surface area contributed by atoms with E-state index < -0.39 is 0 Å². The van der Waals surface area contributed by atoms with Gasteiger partial charge in [-0.1, -0.05) is 12.1 Å². The molecule has 0 spiro atoms. The molecule has 0 aromatic heterocycles. The lowest BCUT2D eigenvalue weighted by molar-refractivity contribution is -0.120. The summed E-state index contributed by atoms with van der Waals surface area (Å²) in [6.07, 6.45) is 0.102. The molecule has 0 saturated carbocycles. The lowest BCUT2D eigenvalue weighted by Crippen LogP contribution is -2.25. The van der Waals surface area contributed by atoms with E-state index >= 15 is 0 Å². The third-order valence-corrected chi connectivity index (χ3v) is 3.66. The number of nitrogens with zero attached hydrogens (tertiary/aromatic N) is 1. The van der Waals surface area contributed by atoms with E-state index in [0.717, 1.165) is 5.56 Å². The standard InChI is InChI=1S/C18H16FN3O3/c1-11(13-4-7-16-15(9-13)20-18(24)10-25-16)21-22-17(23)8-12-2-5-14(19)6-3-12/h2-7,9H,8,10H2,1H3,(H,20,24)(H,22,23)/b21-11-. The van der Waals surface area contributed by atoms with Crippen LogP contribution in [0.5, 0.6) is 5.75 Å². The van der Waals surface area contributed by atoms with Crippen LogP contribution in [0.15, 0.2) is 47.6 Å². The minimum absolute atomic E-state index is 0.00113. The number of anilines is 1. The maximum absolute atomic E-state index is 12.9. The van der Waals surface area contributed by atoms with Crippen molar-refractivity contribution >= 4 is 23.2 Å². The molecule has 25 heavy (non-hydrogen) atoms. The Kier molecular flexibility index (Phi) is 4.74. The Labute approximate surface area is 143 Å². The Morgan fingerprint density at radius 3 is 2.80 bits per heavy atom. The first-order valence-corrected chi connectivity index (χ1v) is 7.66. The van der Waals surface area contributed by atoms with Gasteiger partial charge < -0.3 is 10.1 Å². The number of hydrazone groups is 1. The number of hydrogen-bond acceptors (Lipinski definition) is 4. The van der Waals surface area contributed by atoms with E-state index in [1.54, 1.807) is 37.3 Å². The number of benzene rings is 2. The fraction of sp³-hybridized carbons (Fsp3) is 0.167. The summed E-state index contributed by atoms with van der Waals surface area (Å²) in [6.45, 7) is 1.74. The molecule has 0 unspecified atom stereocenters. The molecule has 2 amide bonds. The van der Waals surface area contributed by atoms with Crippen LogP contribution >= 0.6 is 0 Å². The van der Waals surface area contributed by atoms with Crippen LogP contribution in [0.1, 0.15) is 18.1 Å². The van der Waals surface area contributed by atoms with Crippen LogP contribution in [-0.2, 0) is 16.0 Å². The van der Waals surface area contributed by atoms with Gasteiger partial charge in [0.05, 0.1) is 17.8 Å². The molecule has 2 N–H and O–H groups in total. The molecule has 0 radical (unpaired) electrons. The smallest absolute Gasteiger partial charge is 0.262 e. The number of amides is 2. The number of rotatable bonds is 4. The molecule has 2 aromatic carbocycles. The Morgan fingerprint density at radius 2 is 2.04 bits per heavy atom. The highest BCUT2D eigenvalue weighted by Gasteiger charge is 2.16. The fourth-order valence-electron chi connectivity index (χ4n) is 2.35. The second-order valence-corrected chi connectivity index (χ2v) is 5.58. The van der Waals surface area contributed by atoms with Crippen LogP contribution in [0.2, 0.25) is 0 Å². The highest BCUT2D eigenvalue weighted by molar-refractivity contribution is 6.02. The quantitative estimate of drug-likeness (QED) is 0.661. The van der Waals surface area contributed by atoms with E-state index in [9.17, 15) is 14.0 Å². The predicted octanol–water partition coefficient (Wildman–Crippen LogP) is 2.24. The zero-order valence-electron chi connectivity index (χ0n) is 13.5. The van der Waals surface area contributed by atoms with Crippen molar-refractivity contribution in [1.82, 2.24) is 5.43 Å². The molecule has 3 rings (SSSR count). The summed E-state index contributed by atoms with van der Waals surface area (Å²) < 4.78 is 18.1. The van der Waals surface area contributed by atoms with Gasteiger partial charge in [0.1, 0.15) is 11.6 Å². The fourth-order valence-corrected chi connectivity index (χ4v) is 2.35. The van der Waals surface area contributed by atoms with Crippen LogP contribution in [0.25, 0.3) is 0 Å². The summed E-state index contributed by atoms with van der Waals surface area (Å²) in [5.74, 6) is -0.273. The summed E-state index contributed by atoms with van der Waals surface area (Å²) >= 11 is 0. The number of carbonyl (C=O) groups excluding carboxylic acids is 2. The first-order chi connectivity index (χ1) is 12.0. The number of halogens is 1. The first kappa shape index (κ1) is 16.6. The number of fused-ring (bicyclic) bond motifs is 1. The van der Waals surface area contributed by atoms with Gasteiger partial charge in [0.2, 0.25) is 5.91 Å². The van der Waals surface area contributed by atoms with E-state index in [2.05, 4.69) is 15.8 Å². The van der Waals surface area contributed by atoms with Crippen LogP contribution in [0.4, 0.5) is 10.1 Å². The summed E-state index contributed by atoms with van der Waals surface area (Å²) in [7, 11) is 0. The molecule has 0 saturated heterocycles. The predicted molar refractivity (Wildman–Crippen MR) is 91.0 cm³/mol. The summed E-state index contributed by atoms with van der Waals surface area (Å²) in [6, 6.07) is 11.0. The van der Waals surface area contributed by atoms with Gasteiger partial charge in [-0.25, -0.2) is 9.82 Å². The molecule has 2 aromatic rings. The van der Waals surface area contributed by atoms with Crippen LogP contribution in [0, 0.1) is 5.82 Å². The normalized spacial score (nSPS) is 13.5. The molecular weight excluding hydrogens is 325 g/mol. The zero-order valence-corrected chi connectivity index (χ0v) is 13.5. The number of nitrogens with one attached hydrogen (secondary N) is 2. The van der Waals surface area contributed by atoms with Gasteiger partial charge in [0.15, 0.2) is 6.61 Å². The third kappa shape index (κ3) is 4.20. The lowest BCUT2D eigenvalue weighted by Gasteiger charge is -2.18. The second kappa shape index (κ2) is 7.12. The average Bonchev–Trinajstić information content (AvgIpc) is 2.61. The molecule has 0 bridgehead atoms. The highest BCUT2D eigenvalue weighted by atomic mass is 19.1. The van der Waals surface area contributed by atoms with E-state index in [4.69, 9.17) is 4.74 Å². The van der Waals surface area contributed by atoms with Crippen molar-refractivity contribution in [3.63, 3.8) is 0 Å². The number of hydrogen-bond donors (Lipinski definition) is 2. The van der Waals surface area contributed by atoms with Crippen molar-refractivity contribution in [3.8, 4) is 5.75 Å². The monoisotopic (exact) mass is 341 g/mol. The van der Waals surface area contributed by atoms with Gasteiger partial charge in [-0.2, -0.15) is 5.10 Å². The van der Waals surface area contributed by atoms with E-state index in [0.29, 0.717) is 22.7 Å². The van der Waals surface area contributed by atoms with Crippen LogP contribution < -0.4 is 15.5 Å². The highest BCUT2D eigenvalue weighted by Crippen LogP contribution is 2.28. The average molecular weight is 341 g/mol. The number of ether oxygens (including phenoxy) is 1. The second-order valence-electron chi connectivity index (χ2n) is 5.58. The maximum Gasteiger partial charge on any atom is 0.262 e. The largest absolute Gasteiger partial charge is 0.482 e. The lowest BCUT2D eigenvalue weighted by atomic mass is 10.1. The van der Waals surface area contributed by atoms with Crippen molar-refractivity contribution in [2.24, 2.45) is 5.10 Å². The van der Waals surface area contributed by atoms with Gasteiger partial charge in [-0.15, -0.1) is 0 Å². The van der Waals surface area contributed by atoms with Gasteiger partial charge in [0.25, 0.3) is 5.91 Å². The van der Waals surface area contributed by atoms with Crippen LogP contribution in [-0.4, -0.2) is 24.1 Å². The Hall–Kier alpha value is -3.22. The van der Waals surface area contributed by atoms with Crippen molar-refractivity contribution in [3.05, 3.63) is 59.4 Å². The maximum atomic E-state index is 12.9. The van der Waals surface area contributed by atoms with Gasteiger partial charge in [-0.3, -0.25) is 9.59 Å². The molecule has 1 aliphatic rings. The SMILES string of the molecule is C/C(=N/NC(=O)Cc1ccc(F)cc1)c1ccc2c(c1)NC(=O)CO2. The summed E-state index contributed by atoms with van der Waals surface area (Å²) in [5, 5.41) is 6.79. The van der Waals surface area contributed by atoms with Gasteiger partial charge in [-0.05, 0) is 48.4 Å². The Morgan fingerprint density at radius 1 is 1.28 bits per heavy atom. The molecule has 0 aliphatic carbocycles. The molecule has 1 aliphatic heterocycles. The summed E-state index contributed by atoms with van der Waals surface area (Å²) in [4.78, 5) is 23.3. The topological polar surface area (TPSA) is 79.8 Å². The molecule has 7 heteroatoms. The Bertz CT molecular complexity index is 847. The van der Waals surface area contributed by atoms with E-state index in [-0.39, 0.29) is 30.7 Å². The van der Waals surface area contributed by atoms with Crippen molar-refractivity contribution in [2.75, 3.05) is 11.9 Å². The van der Waals surface area contributed by atoms with E-state index in [1.165, 1.54) is 12.1 Å². The van der Waals surface area contributed by atoms with Crippen molar-refractivity contribution in [1.29, 1.82) is 0 Å². The molecule has 0 fully saturated rings. The van der Waals surface area contributed by atoms with Crippen molar-refractivity contribution < 1.29 is 18.7 Å². The third-order valence-electron chi connectivity index (χ3n) is 3.66. The zero-order chi connectivity index (χ0) is 17.8. The van der Waals surface area contributed by atoms with Crippen LogP contribution in [0.3, 0.4) is 0 Å². The molecular formula is C18H16FN3O3. The molecule has 128 valence electrons. The minimum atomic E-state index is -0.346. The van der Waals surface area contributed by atoms with Gasteiger partial charge >= 0.3 is 0 Å². The molecule has 6 nitrogen and oxygen atoms in total. The van der Waals surface area contributed by atoms with Gasteiger partial charge in [0, 0.05) is 0 Å². The first-order valence-electron chi connectivity index (χ1n) is 7.66. The number of carbonyl (C=O) groups is 2.